The van der Waals surface area contributed by atoms with Gasteiger partial charge in [0.15, 0.2) is 0 Å². The number of hydrogen-bond acceptors (Lipinski definition) is 1. The van der Waals surface area contributed by atoms with Crippen LogP contribution in [-0.4, -0.2) is 15.0 Å². The van der Waals surface area contributed by atoms with Gasteiger partial charge >= 0.3 is 0 Å². The second kappa shape index (κ2) is 3.88. The van der Waals surface area contributed by atoms with E-state index in [4.69, 9.17) is 0 Å². The number of fused-ring (bicyclic) bond motifs is 1. The van der Waals surface area contributed by atoms with Gasteiger partial charge in [0.25, 0.3) is 5.91 Å². The fraction of sp³-hybridized carbons (Fsp3) is 0.133. The summed E-state index contributed by atoms with van der Waals surface area (Å²) < 4.78 is 3.53. The van der Waals surface area contributed by atoms with Crippen molar-refractivity contribution in [3.8, 4) is 0 Å². The third-order valence-electron chi connectivity index (χ3n) is 3.23. The Bertz CT molecular complexity index is 734. The van der Waals surface area contributed by atoms with Gasteiger partial charge in [-0.25, -0.2) is 0 Å². The lowest BCUT2D eigenvalue weighted by atomic mass is 10.2. The van der Waals surface area contributed by atoms with Crippen molar-refractivity contribution < 1.29 is 4.79 Å². The van der Waals surface area contributed by atoms with Crippen LogP contribution in [0.2, 0.25) is 0 Å². The third-order valence-corrected chi connectivity index (χ3v) is 3.23. The molecule has 3 aromatic rings. The first kappa shape index (κ1) is 10.8. The van der Waals surface area contributed by atoms with Crippen molar-refractivity contribution in [3.05, 3.63) is 60.0 Å². The summed E-state index contributed by atoms with van der Waals surface area (Å²) >= 11 is 0. The number of hydrogen-bond donors (Lipinski definition) is 0. The number of carbonyl (C=O) groups excluding carboxylic acids is 1. The van der Waals surface area contributed by atoms with E-state index in [1.165, 1.54) is 5.56 Å². The number of benzene rings is 1. The number of carbonyl (C=O) groups is 1. The molecule has 0 aliphatic heterocycles. The average molecular weight is 238 g/mol. The summed E-state index contributed by atoms with van der Waals surface area (Å²) in [6.07, 6.45) is 3.71. The largest absolute Gasteiger partial charge is 0.347 e. The maximum Gasteiger partial charge on any atom is 0.278 e. The lowest BCUT2D eigenvalue weighted by Gasteiger charge is -2.05. The quantitative estimate of drug-likeness (QED) is 0.640. The molecule has 18 heavy (non-hydrogen) atoms. The zero-order valence-electron chi connectivity index (χ0n) is 10.4. The predicted octanol–water partition coefficient (Wildman–Crippen LogP) is 2.98. The van der Waals surface area contributed by atoms with E-state index in [2.05, 4.69) is 13.0 Å². The molecule has 2 heterocycles. The molecular weight excluding hydrogens is 224 g/mol. The molecule has 3 nitrogen and oxygen atoms in total. The van der Waals surface area contributed by atoms with Gasteiger partial charge in [-0.3, -0.25) is 9.36 Å². The van der Waals surface area contributed by atoms with Gasteiger partial charge in [-0.15, -0.1) is 0 Å². The van der Waals surface area contributed by atoms with Crippen molar-refractivity contribution in [3.63, 3.8) is 0 Å². The summed E-state index contributed by atoms with van der Waals surface area (Å²) in [6, 6.07) is 11.8. The van der Waals surface area contributed by atoms with Crippen molar-refractivity contribution in [1.29, 1.82) is 0 Å². The van der Waals surface area contributed by atoms with Crippen molar-refractivity contribution >= 4 is 16.8 Å². The fourth-order valence-electron chi connectivity index (χ4n) is 2.25. The third kappa shape index (κ3) is 1.56. The molecule has 2 aromatic heterocycles. The Kier molecular flexibility index (Phi) is 2.33. The van der Waals surface area contributed by atoms with Crippen molar-refractivity contribution in [1.82, 2.24) is 9.13 Å². The van der Waals surface area contributed by atoms with Crippen LogP contribution in [0.3, 0.4) is 0 Å². The van der Waals surface area contributed by atoms with E-state index in [-0.39, 0.29) is 5.91 Å². The number of aryl methyl sites for hydroxylation is 2. The fourth-order valence-corrected chi connectivity index (χ4v) is 2.25. The molecule has 90 valence electrons. The van der Waals surface area contributed by atoms with Gasteiger partial charge in [0.05, 0.1) is 5.52 Å². The summed E-state index contributed by atoms with van der Waals surface area (Å²) in [7, 11) is 1.88. The Morgan fingerprint density at radius 1 is 1.11 bits per heavy atom. The topological polar surface area (TPSA) is 26.9 Å². The van der Waals surface area contributed by atoms with Crippen molar-refractivity contribution in [2.24, 2.45) is 7.05 Å². The van der Waals surface area contributed by atoms with E-state index in [0.717, 1.165) is 10.9 Å². The highest BCUT2D eigenvalue weighted by atomic mass is 16.2. The van der Waals surface area contributed by atoms with E-state index in [1.54, 1.807) is 4.57 Å². The van der Waals surface area contributed by atoms with E-state index in [9.17, 15) is 4.79 Å². The lowest BCUT2D eigenvalue weighted by molar-refractivity contribution is 0.0957. The molecule has 0 amide bonds. The summed E-state index contributed by atoms with van der Waals surface area (Å²) in [5.41, 5.74) is 2.84. The SMILES string of the molecule is Cc1ccc2c(ccn2C(=O)c2cccn2C)c1. The summed E-state index contributed by atoms with van der Waals surface area (Å²) in [6.45, 7) is 2.05. The maximum atomic E-state index is 12.4. The molecule has 3 rings (SSSR count). The summed E-state index contributed by atoms with van der Waals surface area (Å²) in [5.74, 6) is 0.00125. The van der Waals surface area contributed by atoms with Crippen molar-refractivity contribution in [2.45, 2.75) is 6.92 Å². The van der Waals surface area contributed by atoms with E-state index >= 15 is 0 Å². The molecule has 0 bridgehead atoms. The zero-order valence-corrected chi connectivity index (χ0v) is 10.4. The van der Waals surface area contributed by atoms with Crippen molar-refractivity contribution in [2.75, 3.05) is 0 Å². The van der Waals surface area contributed by atoms with Crippen LogP contribution in [0.4, 0.5) is 0 Å². The molecule has 3 heteroatoms. The molecule has 0 aliphatic rings. The van der Waals surface area contributed by atoms with Crippen LogP contribution < -0.4 is 0 Å². The van der Waals surface area contributed by atoms with Crippen LogP contribution in [0.25, 0.3) is 10.9 Å². The first-order valence-corrected chi connectivity index (χ1v) is 5.90. The number of aromatic nitrogens is 2. The summed E-state index contributed by atoms with van der Waals surface area (Å²) in [5, 5.41) is 1.09. The van der Waals surface area contributed by atoms with Crippen LogP contribution in [0.15, 0.2) is 48.8 Å². The Hall–Kier alpha value is -2.29. The van der Waals surface area contributed by atoms with E-state index < -0.39 is 0 Å². The second-order valence-electron chi connectivity index (χ2n) is 4.56. The molecular formula is C15H14N2O. The molecule has 0 atom stereocenters. The molecule has 0 spiro atoms. The highest BCUT2D eigenvalue weighted by Gasteiger charge is 2.13. The van der Waals surface area contributed by atoms with Gasteiger partial charge in [0, 0.05) is 24.8 Å². The Morgan fingerprint density at radius 2 is 1.94 bits per heavy atom. The molecule has 0 aliphatic carbocycles. The smallest absolute Gasteiger partial charge is 0.278 e. The Balaban J connectivity index is 2.16. The second-order valence-corrected chi connectivity index (χ2v) is 4.56. The zero-order chi connectivity index (χ0) is 12.7. The van der Waals surface area contributed by atoms with Crippen LogP contribution in [0.1, 0.15) is 16.1 Å². The highest BCUT2D eigenvalue weighted by molar-refractivity contribution is 6.01. The molecule has 0 N–H and O–H groups in total. The lowest BCUT2D eigenvalue weighted by Crippen LogP contribution is -2.14. The average Bonchev–Trinajstić information content (AvgIpc) is 2.94. The van der Waals surface area contributed by atoms with Gasteiger partial charge < -0.3 is 4.57 Å². The first-order valence-electron chi connectivity index (χ1n) is 5.90. The van der Waals surface area contributed by atoms with Gasteiger partial charge in [-0.05, 0) is 37.3 Å². The van der Waals surface area contributed by atoms with Crippen LogP contribution in [0, 0.1) is 6.92 Å². The Labute approximate surface area is 105 Å². The molecule has 0 unspecified atom stereocenters. The minimum atomic E-state index is 0.00125. The number of nitrogens with zero attached hydrogens (tertiary/aromatic N) is 2. The number of rotatable bonds is 1. The van der Waals surface area contributed by atoms with Gasteiger partial charge in [0.1, 0.15) is 5.69 Å². The normalized spacial score (nSPS) is 11.0. The van der Waals surface area contributed by atoms with Gasteiger partial charge in [0.2, 0.25) is 0 Å². The first-order chi connectivity index (χ1) is 8.66. The van der Waals surface area contributed by atoms with Gasteiger partial charge in [-0.2, -0.15) is 0 Å². The minimum absolute atomic E-state index is 0.00125. The van der Waals surface area contributed by atoms with Crippen LogP contribution in [0.5, 0.6) is 0 Å². The Morgan fingerprint density at radius 3 is 2.67 bits per heavy atom. The van der Waals surface area contributed by atoms with E-state index in [0.29, 0.717) is 5.69 Å². The molecule has 0 saturated carbocycles. The molecule has 0 saturated heterocycles. The van der Waals surface area contributed by atoms with E-state index in [1.807, 2.05) is 54.3 Å². The molecule has 0 radical (unpaired) electrons. The highest BCUT2D eigenvalue weighted by Crippen LogP contribution is 2.18. The monoisotopic (exact) mass is 238 g/mol. The molecule has 1 aromatic carbocycles. The maximum absolute atomic E-state index is 12.4. The van der Waals surface area contributed by atoms with Gasteiger partial charge in [-0.1, -0.05) is 11.6 Å². The van der Waals surface area contributed by atoms with Crippen LogP contribution in [-0.2, 0) is 7.05 Å². The standard InChI is InChI=1S/C15H14N2O/c1-11-5-6-13-12(10-11)7-9-17(13)15(18)14-4-3-8-16(14)2/h3-10H,1-2H3. The minimum Gasteiger partial charge on any atom is -0.347 e. The molecule has 0 fully saturated rings. The predicted molar refractivity (Wildman–Crippen MR) is 71.8 cm³/mol. The van der Waals surface area contributed by atoms with Crippen LogP contribution >= 0.6 is 0 Å². The summed E-state index contributed by atoms with van der Waals surface area (Å²) in [4.78, 5) is 12.4.